The molecule has 0 aliphatic carbocycles. The van der Waals surface area contributed by atoms with Gasteiger partial charge in [-0.1, -0.05) is 0 Å². The molecule has 156 valence electrons. The third kappa shape index (κ3) is 4.04. The van der Waals surface area contributed by atoms with Crippen LogP contribution >= 0.6 is 0 Å². The first-order valence-electron chi connectivity index (χ1n) is 8.07. The normalized spacial score (nSPS) is 11.2. The predicted molar refractivity (Wildman–Crippen MR) is 94.1 cm³/mol. The lowest BCUT2D eigenvalue weighted by Crippen LogP contribution is -2.13. The zero-order chi connectivity index (χ0) is 22.1. The summed E-state index contributed by atoms with van der Waals surface area (Å²) in [6.45, 7) is 0. The van der Waals surface area contributed by atoms with Gasteiger partial charge >= 0.3 is 17.8 Å². The molecule has 0 fully saturated rings. The predicted octanol–water partition coefficient (Wildman–Crippen LogP) is 3.05. The largest absolute Gasteiger partial charge is 0.497 e. The van der Waals surface area contributed by atoms with E-state index >= 15 is 0 Å². The number of aromatic nitrogens is 4. The van der Waals surface area contributed by atoms with Crippen LogP contribution in [0.5, 0.6) is 5.75 Å². The van der Waals surface area contributed by atoms with E-state index in [1.807, 2.05) is 0 Å². The average Bonchev–Trinajstić information content (AvgIpc) is 3.18. The van der Waals surface area contributed by atoms with Crippen molar-refractivity contribution in [2.24, 2.45) is 0 Å². The molecule has 1 aromatic carbocycles. The van der Waals surface area contributed by atoms with E-state index in [0.717, 1.165) is 19.4 Å². The lowest BCUT2D eigenvalue weighted by Gasteiger charge is -2.10. The Morgan fingerprint density at radius 2 is 1.83 bits per heavy atom. The van der Waals surface area contributed by atoms with Gasteiger partial charge < -0.3 is 9.47 Å². The Morgan fingerprint density at radius 3 is 2.37 bits per heavy atom. The molecule has 0 amide bonds. The molecule has 0 saturated carbocycles. The molecule has 3 aromatic rings. The second-order valence-electron chi connectivity index (χ2n) is 5.72. The van der Waals surface area contributed by atoms with Gasteiger partial charge in [0.05, 0.1) is 24.8 Å². The Labute approximate surface area is 166 Å². The Morgan fingerprint density at radius 1 is 1.17 bits per heavy atom. The van der Waals surface area contributed by atoms with Crippen LogP contribution in [0.1, 0.15) is 16.2 Å². The summed E-state index contributed by atoms with van der Waals surface area (Å²) in [5, 5.41) is 14.8. The fourth-order valence-corrected chi connectivity index (χ4v) is 2.43. The highest BCUT2D eigenvalue weighted by Crippen LogP contribution is 2.31. The van der Waals surface area contributed by atoms with Crippen molar-refractivity contribution in [1.29, 1.82) is 0 Å². The van der Waals surface area contributed by atoms with Crippen molar-refractivity contribution in [1.82, 2.24) is 19.7 Å². The van der Waals surface area contributed by atoms with Crippen LogP contribution < -0.4 is 4.74 Å². The first kappa shape index (κ1) is 20.7. The Balaban J connectivity index is 2.19. The number of carbonyl (C=O) groups is 1. The highest BCUT2D eigenvalue weighted by molar-refractivity contribution is 5.91. The number of halogens is 3. The third-order valence-corrected chi connectivity index (χ3v) is 3.87. The Bertz CT molecular complexity index is 1110. The number of nitrogens with zero attached hydrogens (tertiary/aromatic N) is 5. The molecule has 0 N–H and O–H groups in total. The number of alkyl halides is 3. The molecule has 2 aromatic heterocycles. The van der Waals surface area contributed by atoms with Crippen LogP contribution in [0, 0.1) is 10.1 Å². The average molecular weight is 423 g/mol. The summed E-state index contributed by atoms with van der Waals surface area (Å²) in [7, 11) is 2.41. The van der Waals surface area contributed by atoms with E-state index in [9.17, 15) is 28.1 Å². The second kappa shape index (κ2) is 7.77. The fourth-order valence-electron chi connectivity index (χ4n) is 2.43. The minimum absolute atomic E-state index is 0.118. The Hall–Kier alpha value is -4.03. The highest BCUT2D eigenvalue weighted by Gasteiger charge is 2.35. The molecule has 0 radical (unpaired) electrons. The van der Waals surface area contributed by atoms with Crippen LogP contribution in [-0.4, -0.2) is 44.9 Å². The van der Waals surface area contributed by atoms with Crippen LogP contribution in [0.3, 0.4) is 0 Å². The van der Waals surface area contributed by atoms with Gasteiger partial charge in [0.2, 0.25) is 5.69 Å². The second-order valence-corrected chi connectivity index (χ2v) is 5.72. The van der Waals surface area contributed by atoms with E-state index < -0.39 is 40.1 Å². The molecule has 2 heterocycles. The van der Waals surface area contributed by atoms with Crippen LogP contribution in [0.2, 0.25) is 0 Å². The summed E-state index contributed by atoms with van der Waals surface area (Å²) in [6.07, 6.45) is -4.09. The maximum absolute atomic E-state index is 13.4. The first-order valence-corrected chi connectivity index (χ1v) is 8.07. The maximum atomic E-state index is 13.4. The van der Waals surface area contributed by atoms with Gasteiger partial charge in [0.25, 0.3) is 5.95 Å². The van der Waals surface area contributed by atoms with E-state index in [1.165, 1.54) is 31.4 Å². The number of hydrogen-bond donors (Lipinski definition) is 0. The minimum Gasteiger partial charge on any atom is -0.497 e. The highest BCUT2D eigenvalue weighted by atomic mass is 19.4. The number of esters is 1. The van der Waals surface area contributed by atoms with Crippen molar-refractivity contribution in [3.63, 3.8) is 0 Å². The van der Waals surface area contributed by atoms with Crippen LogP contribution in [0.25, 0.3) is 17.2 Å². The zero-order valence-electron chi connectivity index (χ0n) is 15.4. The van der Waals surface area contributed by atoms with Crippen molar-refractivity contribution >= 4 is 11.7 Å². The fraction of sp³-hybridized carbons (Fsp3) is 0.176. The number of methoxy groups -OCH3 is 2. The van der Waals surface area contributed by atoms with Gasteiger partial charge in [-0.3, -0.25) is 10.1 Å². The molecule has 3 rings (SSSR count). The molecular formula is C17H12F3N5O5. The van der Waals surface area contributed by atoms with Crippen LogP contribution in [0.15, 0.2) is 36.5 Å². The van der Waals surface area contributed by atoms with Crippen molar-refractivity contribution < 1.29 is 32.4 Å². The SMILES string of the molecule is COC(=O)c1nn(-c2nc(-c3ccc(OC)cc3)cc(C(F)(F)F)n2)cc1[N+](=O)[O-]. The molecule has 0 spiro atoms. The van der Waals surface area contributed by atoms with Gasteiger partial charge in [-0.25, -0.2) is 14.8 Å². The van der Waals surface area contributed by atoms with E-state index in [4.69, 9.17) is 4.74 Å². The van der Waals surface area contributed by atoms with Gasteiger partial charge in [0.15, 0.2) is 5.69 Å². The zero-order valence-corrected chi connectivity index (χ0v) is 15.4. The number of nitro groups is 1. The van der Waals surface area contributed by atoms with Crippen molar-refractivity contribution in [3.8, 4) is 23.0 Å². The number of hydrogen-bond acceptors (Lipinski definition) is 8. The monoisotopic (exact) mass is 423 g/mol. The van der Waals surface area contributed by atoms with Gasteiger partial charge in [-0.2, -0.15) is 23.0 Å². The van der Waals surface area contributed by atoms with Crippen LogP contribution in [0.4, 0.5) is 18.9 Å². The quantitative estimate of drug-likeness (QED) is 0.349. The maximum Gasteiger partial charge on any atom is 0.433 e. The molecule has 0 saturated heterocycles. The summed E-state index contributed by atoms with van der Waals surface area (Å²) in [4.78, 5) is 29.4. The summed E-state index contributed by atoms with van der Waals surface area (Å²) in [6, 6.07) is 6.74. The van der Waals surface area contributed by atoms with Gasteiger partial charge in [0, 0.05) is 5.56 Å². The number of rotatable bonds is 5. The van der Waals surface area contributed by atoms with Crippen molar-refractivity contribution in [3.05, 3.63) is 58.0 Å². The van der Waals surface area contributed by atoms with E-state index in [-0.39, 0.29) is 5.69 Å². The Kier molecular flexibility index (Phi) is 5.36. The minimum atomic E-state index is -4.83. The lowest BCUT2D eigenvalue weighted by atomic mass is 10.1. The summed E-state index contributed by atoms with van der Waals surface area (Å²) >= 11 is 0. The van der Waals surface area contributed by atoms with Crippen molar-refractivity contribution in [2.75, 3.05) is 14.2 Å². The van der Waals surface area contributed by atoms with Gasteiger partial charge in [-0.15, -0.1) is 0 Å². The third-order valence-electron chi connectivity index (χ3n) is 3.87. The van der Waals surface area contributed by atoms with Gasteiger partial charge in [-0.05, 0) is 30.3 Å². The molecule has 10 nitrogen and oxygen atoms in total. The van der Waals surface area contributed by atoms with E-state index in [2.05, 4.69) is 19.8 Å². The summed E-state index contributed by atoms with van der Waals surface area (Å²) in [5.41, 5.74) is -2.58. The van der Waals surface area contributed by atoms with Crippen molar-refractivity contribution in [2.45, 2.75) is 6.18 Å². The molecule has 0 unspecified atom stereocenters. The van der Waals surface area contributed by atoms with Gasteiger partial charge in [0.1, 0.15) is 11.9 Å². The molecule has 0 bridgehead atoms. The summed E-state index contributed by atoms with van der Waals surface area (Å²) in [5.74, 6) is -1.27. The first-order chi connectivity index (χ1) is 14.1. The topological polar surface area (TPSA) is 122 Å². The van der Waals surface area contributed by atoms with E-state index in [0.29, 0.717) is 16.0 Å². The molecule has 0 aliphatic rings. The van der Waals surface area contributed by atoms with Crippen LogP contribution in [-0.2, 0) is 10.9 Å². The molecule has 13 heteroatoms. The lowest BCUT2D eigenvalue weighted by molar-refractivity contribution is -0.385. The number of carbonyl (C=O) groups excluding carboxylic acids is 1. The molecule has 0 atom stereocenters. The smallest absolute Gasteiger partial charge is 0.433 e. The number of benzene rings is 1. The molecule has 30 heavy (non-hydrogen) atoms. The summed E-state index contributed by atoms with van der Waals surface area (Å²) < 4.78 is 50.2. The molecule has 0 aliphatic heterocycles. The standard InChI is InChI=1S/C17H12F3N5O5/c1-29-10-5-3-9(4-6-10)11-7-13(17(18,19)20)22-16(21-11)24-8-12(25(27)28)14(23-24)15(26)30-2/h3-8H,1-2H3. The number of ether oxygens (including phenoxy) is 2. The molecular weight excluding hydrogens is 411 g/mol. The van der Waals surface area contributed by atoms with E-state index in [1.54, 1.807) is 0 Å².